The predicted molar refractivity (Wildman–Crippen MR) is 123 cm³/mol. The van der Waals surface area contributed by atoms with E-state index in [9.17, 15) is 9.18 Å². The van der Waals surface area contributed by atoms with Crippen LogP contribution >= 0.6 is 11.6 Å². The van der Waals surface area contributed by atoms with E-state index in [1.165, 1.54) is 31.0 Å². The quantitative estimate of drug-likeness (QED) is 0.538. The maximum Gasteiger partial charge on any atom is 0.258 e. The summed E-state index contributed by atoms with van der Waals surface area (Å²) in [6.45, 7) is 4.01. The molecule has 170 valence electrons. The Morgan fingerprint density at radius 1 is 1.31 bits per heavy atom. The molecule has 0 atom stereocenters. The SMILES string of the molecule is CN1CCC(CNCc2nccc3c(=O)[nH]c(CCOc4ccc(F)c(Cl)c4)nc23)CC1. The molecule has 0 radical (unpaired) electrons. The number of halogens is 2. The summed E-state index contributed by atoms with van der Waals surface area (Å²) in [6.07, 6.45) is 4.41. The van der Waals surface area contributed by atoms with E-state index in [1.807, 2.05) is 0 Å². The van der Waals surface area contributed by atoms with Crippen molar-refractivity contribution in [3.05, 3.63) is 63.2 Å². The number of hydrogen-bond acceptors (Lipinski definition) is 6. The third kappa shape index (κ3) is 5.62. The molecule has 1 aliphatic rings. The Hall–Kier alpha value is -2.55. The maximum absolute atomic E-state index is 13.3. The fraction of sp³-hybridized carbons (Fsp3) is 0.435. The Bertz CT molecular complexity index is 1130. The van der Waals surface area contributed by atoms with Gasteiger partial charge in [0, 0.05) is 25.2 Å². The third-order valence-corrected chi connectivity index (χ3v) is 6.10. The first kappa shape index (κ1) is 22.6. The molecule has 0 saturated carbocycles. The minimum Gasteiger partial charge on any atom is -0.493 e. The van der Waals surface area contributed by atoms with Crippen LogP contribution in [0.15, 0.2) is 35.3 Å². The summed E-state index contributed by atoms with van der Waals surface area (Å²) in [5, 5.41) is 4.01. The van der Waals surface area contributed by atoms with Crippen LogP contribution < -0.4 is 15.6 Å². The predicted octanol–water partition coefficient (Wildman–Crippen LogP) is 3.16. The van der Waals surface area contributed by atoms with Crippen molar-refractivity contribution in [3.8, 4) is 5.75 Å². The van der Waals surface area contributed by atoms with Crippen LogP contribution in [0.4, 0.5) is 4.39 Å². The molecular formula is C23H27ClFN5O2. The lowest BCUT2D eigenvalue weighted by Crippen LogP contribution is -2.34. The summed E-state index contributed by atoms with van der Waals surface area (Å²) in [5.74, 6) is 1.13. The van der Waals surface area contributed by atoms with Crippen LogP contribution in [0.25, 0.3) is 10.9 Å². The van der Waals surface area contributed by atoms with Gasteiger partial charge in [-0.05, 0) is 63.6 Å². The molecular weight excluding hydrogens is 433 g/mol. The smallest absolute Gasteiger partial charge is 0.258 e. The lowest BCUT2D eigenvalue weighted by atomic mass is 9.97. The van der Waals surface area contributed by atoms with Gasteiger partial charge in [-0.2, -0.15) is 0 Å². The van der Waals surface area contributed by atoms with Gasteiger partial charge in [-0.15, -0.1) is 0 Å². The highest BCUT2D eigenvalue weighted by Gasteiger charge is 2.16. The monoisotopic (exact) mass is 459 g/mol. The second kappa shape index (κ2) is 10.4. The molecule has 0 bridgehead atoms. The van der Waals surface area contributed by atoms with Crippen molar-refractivity contribution in [2.24, 2.45) is 5.92 Å². The Kier molecular flexibility index (Phi) is 7.34. The van der Waals surface area contributed by atoms with Crippen molar-refractivity contribution in [2.75, 3.05) is 33.3 Å². The first-order valence-electron chi connectivity index (χ1n) is 10.8. The molecule has 7 nitrogen and oxygen atoms in total. The number of nitrogens with zero attached hydrogens (tertiary/aromatic N) is 3. The molecule has 3 heterocycles. The Morgan fingerprint density at radius 2 is 2.12 bits per heavy atom. The highest BCUT2D eigenvalue weighted by Crippen LogP contribution is 2.21. The summed E-state index contributed by atoms with van der Waals surface area (Å²) in [4.78, 5) is 26.8. The van der Waals surface area contributed by atoms with Crippen molar-refractivity contribution in [1.29, 1.82) is 0 Å². The normalized spacial score (nSPS) is 15.3. The first-order valence-corrected chi connectivity index (χ1v) is 11.2. The third-order valence-electron chi connectivity index (χ3n) is 5.81. The van der Waals surface area contributed by atoms with Crippen molar-refractivity contribution in [1.82, 2.24) is 25.2 Å². The van der Waals surface area contributed by atoms with E-state index in [0.29, 0.717) is 41.4 Å². The molecule has 0 unspecified atom stereocenters. The van der Waals surface area contributed by atoms with Crippen LogP contribution in [0, 0.1) is 11.7 Å². The summed E-state index contributed by atoms with van der Waals surface area (Å²) in [6, 6.07) is 5.87. The molecule has 2 N–H and O–H groups in total. The van der Waals surface area contributed by atoms with Crippen molar-refractivity contribution < 1.29 is 9.13 Å². The number of likely N-dealkylation sites (tertiary alicyclic amines) is 1. The topological polar surface area (TPSA) is 83.1 Å². The fourth-order valence-corrected chi connectivity index (χ4v) is 4.08. The Labute approximate surface area is 191 Å². The van der Waals surface area contributed by atoms with Crippen LogP contribution in [-0.4, -0.2) is 53.1 Å². The first-order chi connectivity index (χ1) is 15.5. The number of hydrogen-bond donors (Lipinski definition) is 2. The number of aromatic amines is 1. The lowest BCUT2D eigenvalue weighted by Gasteiger charge is -2.29. The van der Waals surface area contributed by atoms with Crippen molar-refractivity contribution in [2.45, 2.75) is 25.8 Å². The number of benzene rings is 1. The number of pyridine rings is 1. The van der Waals surface area contributed by atoms with E-state index >= 15 is 0 Å². The number of H-pyrrole nitrogens is 1. The molecule has 1 fully saturated rings. The van der Waals surface area contributed by atoms with E-state index in [4.69, 9.17) is 16.3 Å². The maximum atomic E-state index is 13.3. The fourth-order valence-electron chi connectivity index (χ4n) is 3.91. The number of ether oxygens (including phenoxy) is 1. The number of aromatic nitrogens is 3. The summed E-state index contributed by atoms with van der Waals surface area (Å²) < 4.78 is 18.9. The molecule has 3 aromatic rings. The van der Waals surface area contributed by atoms with Gasteiger partial charge in [-0.3, -0.25) is 9.78 Å². The van der Waals surface area contributed by atoms with Gasteiger partial charge in [-0.25, -0.2) is 9.37 Å². The van der Waals surface area contributed by atoms with Gasteiger partial charge in [0.05, 0.1) is 22.7 Å². The second-order valence-corrected chi connectivity index (χ2v) is 8.63. The zero-order valence-electron chi connectivity index (χ0n) is 18.0. The zero-order chi connectivity index (χ0) is 22.5. The van der Waals surface area contributed by atoms with Crippen molar-refractivity contribution in [3.63, 3.8) is 0 Å². The molecule has 2 aromatic heterocycles. The molecule has 0 aliphatic carbocycles. The highest BCUT2D eigenvalue weighted by molar-refractivity contribution is 6.30. The van der Waals surface area contributed by atoms with Gasteiger partial charge in [-0.1, -0.05) is 11.6 Å². The highest BCUT2D eigenvalue weighted by atomic mass is 35.5. The van der Waals surface area contributed by atoms with Crippen LogP contribution in [0.1, 0.15) is 24.4 Å². The second-order valence-electron chi connectivity index (χ2n) is 8.22. The van der Waals surface area contributed by atoms with Crippen molar-refractivity contribution >= 4 is 22.5 Å². The van der Waals surface area contributed by atoms with Gasteiger partial charge in [0.15, 0.2) is 0 Å². The molecule has 32 heavy (non-hydrogen) atoms. The van der Waals surface area contributed by atoms with Crippen LogP contribution in [-0.2, 0) is 13.0 Å². The van der Waals surface area contributed by atoms with Crippen LogP contribution in [0.5, 0.6) is 5.75 Å². The standard InChI is InChI=1S/C23H27ClFN5O2/c1-30-9-5-15(6-10-30)13-26-14-20-22-17(4-8-27-20)23(31)29-21(28-22)7-11-32-16-2-3-19(25)18(24)12-16/h2-4,8,12,15,26H,5-7,9-11,13-14H2,1H3,(H,28,29,31). The van der Waals surface area contributed by atoms with Gasteiger partial charge >= 0.3 is 0 Å². The molecule has 1 aromatic carbocycles. The van der Waals surface area contributed by atoms with Gasteiger partial charge in [0.25, 0.3) is 5.56 Å². The van der Waals surface area contributed by atoms with Crippen LogP contribution in [0.3, 0.4) is 0 Å². The average Bonchev–Trinajstić information content (AvgIpc) is 2.78. The zero-order valence-corrected chi connectivity index (χ0v) is 18.8. The summed E-state index contributed by atoms with van der Waals surface area (Å²) in [7, 11) is 2.16. The minimum atomic E-state index is -0.496. The van der Waals surface area contributed by atoms with Gasteiger partial charge < -0.3 is 19.9 Å². The van der Waals surface area contributed by atoms with E-state index in [0.717, 1.165) is 25.3 Å². The average molecular weight is 460 g/mol. The van der Waals surface area contributed by atoms with E-state index in [1.54, 1.807) is 12.3 Å². The molecule has 0 amide bonds. The summed E-state index contributed by atoms with van der Waals surface area (Å²) >= 11 is 5.78. The number of fused-ring (bicyclic) bond motifs is 1. The lowest BCUT2D eigenvalue weighted by molar-refractivity contribution is 0.216. The number of nitrogens with one attached hydrogen (secondary N) is 2. The van der Waals surface area contributed by atoms with E-state index in [-0.39, 0.29) is 17.2 Å². The number of piperidine rings is 1. The van der Waals surface area contributed by atoms with Gasteiger partial charge in [0.1, 0.15) is 22.9 Å². The Balaban J connectivity index is 1.40. The molecule has 0 spiro atoms. The van der Waals surface area contributed by atoms with Crippen LogP contribution in [0.2, 0.25) is 5.02 Å². The van der Waals surface area contributed by atoms with Gasteiger partial charge in [0.2, 0.25) is 0 Å². The molecule has 9 heteroatoms. The minimum absolute atomic E-state index is 0.00296. The Morgan fingerprint density at radius 3 is 2.91 bits per heavy atom. The molecule has 4 rings (SSSR count). The molecule has 1 saturated heterocycles. The number of rotatable bonds is 8. The molecule has 1 aliphatic heterocycles. The van der Waals surface area contributed by atoms with E-state index < -0.39 is 5.82 Å². The summed E-state index contributed by atoms with van der Waals surface area (Å²) in [5.41, 5.74) is 1.16. The van der Waals surface area contributed by atoms with E-state index in [2.05, 4.69) is 32.2 Å². The largest absolute Gasteiger partial charge is 0.493 e.